The van der Waals surface area contributed by atoms with Crippen molar-refractivity contribution in [1.29, 1.82) is 0 Å². The summed E-state index contributed by atoms with van der Waals surface area (Å²) in [6, 6.07) is 6.36. The van der Waals surface area contributed by atoms with Crippen LogP contribution in [0.15, 0.2) is 18.2 Å². The van der Waals surface area contributed by atoms with Gasteiger partial charge in [0, 0.05) is 18.7 Å². The third-order valence-corrected chi connectivity index (χ3v) is 4.42. The Hall–Kier alpha value is -1.34. The van der Waals surface area contributed by atoms with Gasteiger partial charge in [-0.1, -0.05) is 0 Å². The van der Waals surface area contributed by atoms with Crippen LogP contribution >= 0.6 is 0 Å². The molecule has 1 fully saturated rings. The highest BCUT2D eigenvalue weighted by atomic mass is 16.5. The van der Waals surface area contributed by atoms with Crippen LogP contribution in [0.4, 0.5) is 0 Å². The summed E-state index contributed by atoms with van der Waals surface area (Å²) in [4.78, 5) is 0. The van der Waals surface area contributed by atoms with Gasteiger partial charge in [-0.2, -0.15) is 0 Å². The van der Waals surface area contributed by atoms with E-state index in [1.165, 1.54) is 0 Å². The van der Waals surface area contributed by atoms with Crippen molar-refractivity contribution in [2.45, 2.75) is 50.5 Å². The summed E-state index contributed by atoms with van der Waals surface area (Å²) >= 11 is 0. The van der Waals surface area contributed by atoms with E-state index in [9.17, 15) is 5.11 Å². The van der Waals surface area contributed by atoms with Crippen LogP contribution in [0.25, 0.3) is 0 Å². The first-order valence-electron chi connectivity index (χ1n) is 8.50. The second kappa shape index (κ2) is 9.84. The third-order valence-electron chi connectivity index (χ3n) is 4.42. The molecule has 6 heteroatoms. The van der Waals surface area contributed by atoms with Crippen LogP contribution < -0.4 is 14.8 Å². The SMILES string of the molecule is COc1cc(CNC2CCC(OCC(O)CO)CC2)cc(OC)c1. The summed E-state index contributed by atoms with van der Waals surface area (Å²) in [5.41, 5.74) is 1.13. The smallest absolute Gasteiger partial charge is 0.122 e. The summed E-state index contributed by atoms with van der Waals surface area (Å²) in [5.74, 6) is 1.59. The van der Waals surface area contributed by atoms with Crippen LogP contribution in [-0.4, -0.2) is 55.9 Å². The Morgan fingerprint density at radius 1 is 1.08 bits per heavy atom. The van der Waals surface area contributed by atoms with Crippen LogP contribution in [0.5, 0.6) is 11.5 Å². The van der Waals surface area contributed by atoms with Crippen molar-refractivity contribution in [3.63, 3.8) is 0 Å². The van der Waals surface area contributed by atoms with E-state index in [4.69, 9.17) is 19.3 Å². The van der Waals surface area contributed by atoms with Gasteiger partial charge >= 0.3 is 0 Å². The van der Waals surface area contributed by atoms with E-state index in [0.717, 1.165) is 49.3 Å². The molecule has 0 aromatic heterocycles. The van der Waals surface area contributed by atoms with Crippen LogP contribution in [0.2, 0.25) is 0 Å². The second-order valence-electron chi connectivity index (χ2n) is 6.25. The van der Waals surface area contributed by atoms with Crippen LogP contribution in [0, 0.1) is 0 Å². The minimum atomic E-state index is -0.774. The molecule has 6 nitrogen and oxygen atoms in total. The fourth-order valence-corrected chi connectivity index (χ4v) is 2.96. The molecule has 0 amide bonds. The Labute approximate surface area is 143 Å². The molecule has 1 aliphatic rings. The van der Waals surface area contributed by atoms with E-state index in [0.29, 0.717) is 6.04 Å². The molecular formula is C18H29NO5. The molecule has 0 saturated heterocycles. The molecule has 0 heterocycles. The predicted octanol–water partition coefficient (Wildman–Crippen LogP) is 1.47. The van der Waals surface area contributed by atoms with Gasteiger partial charge < -0.3 is 29.7 Å². The lowest BCUT2D eigenvalue weighted by Gasteiger charge is -2.29. The Morgan fingerprint density at radius 3 is 2.25 bits per heavy atom. The number of methoxy groups -OCH3 is 2. The Bertz CT molecular complexity index is 466. The molecule has 136 valence electrons. The number of ether oxygens (including phenoxy) is 3. The van der Waals surface area contributed by atoms with Gasteiger partial charge in [-0.25, -0.2) is 0 Å². The molecule has 0 radical (unpaired) electrons. The van der Waals surface area contributed by atoms with Crippen molar-refractivity contribution in [2.75, 3.05) is 27.4 Å². The molecular weight excluding hydrogens is 310 g/mol. The molecule has 3 N–H and O–H groups in total. The predicted molar refractivity (Wildman–Crippen MR) is 91.5 cm³/mol. The molecule has 2 rings (SSSR count). The average molecular weight is 339 g/mol. The highest BCUT2D eigenvalue weighted by Gasteiger charge is 2.22. The number of hydrogen-bond acceptors (Lipinski definition) is 6. The average Bonchev–Trinajstić information content (AvgIpc) is 2.64. The van der Waals surface area contributed by atoms with E-state index >= 15 is 0 Å². The first-order chi connectivity index (χ1) is 11.6. The van der Waals surface area contributed by atoms with Crippen molar-refractivity contribution in [3.05, 3.63) is 23.8 Å². The molecule has 1 saturated carbocycles. The molecule has 1 aliphatic carbocycles. The summed E-state index contributed by atoms with van der Waals surface area (Å²) in [7, 11) is 3.31. The van der Waals surface area contributed by atoms with Gasteiger partial charge in [0.1, 0.15) is 17.6 Å². The molecule has 1 atom stereocenters. The van der Waals surface area contributed by atoms with Crippen molar-refractivity contribution in [2.24, 2.45) is 0 Å². The maximum atomic E-state index is 9.33. The molecule has 0 aliphatic heterocycles. The lowest BCUT2D eigenvalue weighted by molar-refractivity contribution is -0.0421. The van der Waals surface area contributed by atoms with Gasteiger partial charge in [0.05, 0.1) is 33.5 Å². The van der Waals surface area contributed by atoms with Gasteiger partial charge in [0.15, 0.2) is 0 Å². The zero-order valence-electron chi connectivity index (χ0n) is 14.5. The lowest BCUT2D eigenvalue weighted by atomic mass is 9.92. The van der Waals surface area contributed by atoms with Crippen molar-refractivity contribution in [1.82, 2.24) is 5.32 Å². The number of nitrogens with one attached hydrogen (secondary N) is 1. The molecule has 24 heavy (non-hydrogen) atoms. The largest absolute Gasteiger partial charge is 0.497 e. The molecule has 1 aromatic carbocycles. The quantitative estimate of drug-likeness (QED) is 0.632. The van der Waals surface area contributed by atoms with Crippen LogP contribution in [-0.2, 0) is 11.3 Å². The minimum absolute atomic E-state index is 0.182. The van der Waals surface area contributed by atoms with E-state index in [1.807, 2.05) is 18.2 Å². The number of benzene rings is 1. The Balaban J connectivity index is 1.74. The third kappa shape index (κ3) is 5.94. The monoisotopic (exact) mass is 339 g/mol. The maximum Gasteiger partial charge on any atom is 0.122 e. The van der Waals surface area contributed by atoms with Crippen molar-refractivity contribution >= 4 is 0 Å². The highest BCUT2D eigenvalue weighted by molar-refractivity contribution is 5.38. The van der Waals surface area contributed by atoms with Gasteiger partial charge in [-0.3, -0.25) is 0 Å². The van der Waals surface area contributed by atoms with Gasteiger partial charge in [-0.05, 0) is 43.4 Å². The molecule has 0 bridgehead atoms. The first-order valence-corrected chi connectivity index (χ1v) is 8.50. The topological polar surface area (TPSA) is 80.2 Å². The standard InChI is InChI=1S/C18H29NO5/c1-22-17-7-13(8-18(9-17)23-2)10-19-14-3-5-16(6-4-14)24-12-15(21)11-20/h7-9,14-16,19-21H,3-6,10-12H2,1-2H3. The maximum absolute atomic E-state index is 9.33. The summed E-state index contributed by atoms with van der Waals surface area (Å²) in [6.45, 7) is 0.733. The van der Waals surface area contributed by atoms with E-state index in [-0.39, 0.29) is 19.3 Å². The van der Waals surface area contributed by atoms with E-state index in [2.05, 4.69) is 5.32 Å². The first kappa shape index (κ1) is 19.0. The Kier molecular flexibility index (Phi) is 7.78. The van der Waals surface area contributed by atoms with Gasteiger partial charge in [0.25, 0.3) is 0 Å². The van der Waals surface area contributed by atoms with E-state index < -0.39 is 6.10 Å². The summed E-state index contributed by atoms with van der Waals surface area (Å²) in [6.07, 6.45) is 3.43. The lowest BCUT2D eigenvalue weighted by Crippen LogP contribution is -2.36. The van der Waals surface area contributed by atoms with E-state index in [1.54, 1.807) is 14.2 Å². The minimum Gasteiger partial charge on any atom is -0.497 e. The highest BCUT2D eigenvalue weighted by Crippen LogP contribution is 2.24. The summed E-state index contributed by atoms with van der Waals surface area (Å²) < 4.78 is 16.2. The zero-order chi connectivity index (χ0) is 17.4. The fraction of sp³-hybridized carbons (Fsp3) is 0.667. The molecule has 0 spiro atoms. The second-order valence-corrected chi connectivity index (χ2v) is 6.25. The number of rotatable bonds is 9. The van der Waals surface area contributed by atoms with Crippen LogP contribution in [0.1, 0.15) is 31.2 Å². The number of aliphatic hydroxyl groups is 2. The fourth-order valence-electron chi connectivity index (χ4n) is 2.96. The molecule has 1 aromatic rings. The zero-order valence-corrected chi connectivity index (χ0v) is 14.5. The Morgan fingerprint density at radius 2 is 1.71 bits per heavy atom. The normalized spacial score (nSPS) is 22.2. The number of hydrogen-bond donors (Lipinski definition) is 3. The summed E-state index contributed by atoms with van der Waals surface area (Å²) in [5, 5.41) is 21.7. The van der Waals surface area contributed by atoms with Crippen molar-refractivity contribution in [3.8, 4) is 11.5 Å². The van der Waals surface area contributed by atoms with Crippen LogP contribution in [0.3, 0.4) is 0 Å². The van der Waals surface area contributed by atoms with Gasteiger partial charge in [0.2, 0.25) is 0 Å². The van der Waals surface area contributed by atoms with Gasteiger partial charge in [-0.15, -0.1) is 0 Å². The molecule has 1 unspecified atom stereocenters. The van der Waals surface area contributed by atoms with Crippen molar-refractivity contribution < 1.29 is 24.4 Å². The number of aliphatic hydroxyl groups excluding tert-OH is 2.